The lowest BCUT2D eigenvalue weighted by atomic mass is 9.44. The lowest BCUT2D eigenvalue weighted by Gasteiger charge is -2.59. The highest BCUT2D eigenvalue weighted by Crippen LogP contribution is 2.61. The Morgan fingerprint density at radius 3 is 2.42 bits per heavy atom. The summed E-state index contributed by atoms with van der Waals surface area (Å²) < 4.78 is 0. The average Bonchev–Trinajstić information content (AvgIpc) is 2.35. The predicted octanol–water partition coefficient (Wildman–Crippen LogP) is 4.60. The molecule has 0 amide bonds. The molecule has 0 N–H and O–H groups in total. The third-order valence-corrected chi connectivity index (χ3v) is 5.48. The summed E-state index contributed by atoms with van der Waals surface area (Å²) in [6, 6.07) is 7.69. The van der Waals surface area contributed by atoms with Crippen LogP contribution in [0.2, 0.25) is 5.02 Å². The third kappa shape index (κ3) is 1.87. The van der Waals surface area contributed by atoms with Crippen LogP contribution in [0.15, 0.2) is 29.8 Å². The van der Waals surface area contributed by atoms with Crippen molar-refractivity contribution in [3.8, 4) is 0 Å². The molecule has 0 saturated heterocycles. The van der Waals surface area contributed by atoms with Crippen molar-refractivity contribution in [3.05, 3.63) is 40.4 Å². The van der Waals surface area contributed by atoms with Gasteiger partial charge >= 0.3 is 0 Å². The fourth-order valence-electron chi connectivity index (χ4n) is 3.84. The molecular formula is C17H19ClO. The highest BCUT2D eigenvalue weighted by molar-refractivity contribution is 6.30. The standard InChI is InChI=1S/C17H19ClO/c1-10-13(8-11-4-6-12(18)7-5-11)16(19)15-9-14(10)17(15,2)3/h4-8,10,14-15H,9H2,1-3H3/b13-8+/t10-,14-,15+/m0/s1. The van der Waals surface area contributed by atoms with E-state index in [2.05, 4.69) is 26.8 Å². The van der Waals surface area contributed by atoms with E-state index in [0.29, 0.717) is 17.6 Å². The van der Waals surface area contributed by atoms with Gasteiger partial charge in [0.25, 0.3) is 0 Å². The van der Waals surface area contributed by atoms with E-state index in [1.165, 1.54) is 0 Å². The van der Waals surface area contributed by atoms with Gasteiger partial charge in [0.05, 0.1) is 0 Å². The number of hydrogen-bond acceptors (Lipinski definition) is 1. The van der Waals surface area contributed by atoms with Crippen molar-refractivity contribution >= 4 is 23.5 Å². The van der Waals surface area contributed by atoms with Crippen molar-refractivity contribution in [2.75, 3.05) is 0 Å². The Morgan fingerprint density at radius 2 is 1.89 bits per heavy atom. The fraction of sp³-hybridized carbons (Fsp3) is 0.471. The smallest absolute Gasteiger partial charge is 0.162 e. The first kappa shape index (κ1) is 12.9. The summed E-state index contributed by atoms with van der Waals surface area (Å²) in [6.07, 6.45) is 3.13. The van der Waals surface area contributed by atoms with Crippen LogP contribution in [-0.4, -0.2) is 5.78 Å². The first-order valence-electron chi connectivity index (χ1n) is 6.92. The van der Waals surface area contributed by atoms with E-state index in [0.717, 1.165) is 22.6 Å². The molecule has 1 nitrogen and oxygen atoms in total. The molecule has 2 heteroatoms. The number of hydrogen-bond donors (Lipinski definition) is 0. The number of carbonyl (C=O) groups is 1. The van der Waals surface area contributed by atoms with Crippen molar-refractivity contribution in [1.29, 1.82) is 0 Å². The Labute approximate surface area is 119 Å². The van der Waals surface area contributed by atoms with Crippen LogP contribution >= 0.6 is 11.6 Å². The Bertz CT molecular complexity index is 553. The van der Waals surface area contributed by atoms with Crippen LogP contribution in [0.3, 0.4) is 0 Å². The molecule has 19 heavy (non-hydrogen) atoms. The first-order valence-corrected chi connectivity index (χ1v) is 7.30. The number of Topliss-reactive ketones (excluding diaryl/α,β-unsaturated/α-hetero) is 1. The van der Waals surface area contributed by atoms with E-state index in [-0.39, 0.29) is 11.3 Å². The summed E-state index contributed by atoms with van der Waals surface area (Å²) in [5, 5.41) is 0.731. The van der Waals surface area contributed by atoms with Crippen LogP contribution in [0.1, 0.15) is 32.8 Å². The molecule has 0 aliphatic heterocycles. The summed E-state index contributed by atoms with van der Waals surface area (Å²) in [5.74, 6) is 1.60. The molecule has 0 heterocycles. The van der Waals surface area contributed by atoms with Crippen LogP contribution in [-0.2, 0) is 4.79 Å². The zero-order chi connectivity index (χ0) is 13.8. The number of halogens is 1. The molecule has 3 fully saturated rings. The lowest BCUT2D eigenvalue weighted by molar-refractivity contribution is -0.146. The largest absolute Gasteiger partial charge is 0.294 e. The number of rotatable bonds is 1. The predicted molar refractivity (Wildman–Crippen MR) is 79.0 cm³/mol. The van der Waals surface area contributed by atoms with Crippen LogP contribution < -0.4 is 0 Å². The monoisotopic (exact) mass is 274 g/mol. The summed E-state index contributed by atoms with van der Waals surface area (Å²) in [5.41, 5.74) is 2.26. The lowest BCUT2D eigenvalue weighted by Crippen LogP contribution is -2.57. The third-order valence-electron chi connectivity index (χ3n) is 5.23. The van der Waals surface area contributed by atoms with Gasteiger partial charge in [0.1, 0.15) is 0 Å². The van der Waals surface area contributed by atoms with E-state index in [4.69, 9.17) is 11.6 Å². The Kier molecular flexibility index (Phi) is 2.86. The number of fused-ring (bicyclic) bond motifs is 2. The topological polar surface area (TPSA) is 17.1 Å². The summed E-state index contributed by atoms with van der Waals surface area (Å²) in [7, 11) is 0. The summed E-state index contributed by atoms with van der Waals surface area (Å²) in [4.78, 5) is 12.6. The molecule has 3 saturated carbocycles. The number of carbonyl (C=O) groups excluding carboxylic acids is 1. The minimum Gasteiger partial charge on any atom is -0.294 e. The molecule has 4 rings (SSSR count). The highest BCUT2D eigenvalue weighted by Gasteiger charge is 2.58. The number of benzene rings is 1. The Balaban J connectivity index is 1.94. The second kappa shape index (κ2) is 4.21. The van der Waals surface area contributed by atoms with E-state index < -0.39 is 0 Å². The molecule has 1 aromatic rings. The molecule has 1 aromatic carbocycles. The van der Waals surface area contributed by atoms with Gasteiger partial charge in [0.15, 0.2) is 5.78 Å². The second-order valence-corrected chi connectivity index (χ2v) is 6.96. The van der Waals surface area contributed by atoms with E-state index in [1.54, 1.807) is 0 Å². The zero-order valence-corrected chi connectivity index (χ0v) is 12.4. The summed E-state index contributed by atoms with van der Waals surface area (Å²) >= 11 is 5.89. The van der Waals surface area contributed by atoms with Gasteiger partial charge in [0.2, 0.25) is 0 Å². The summed E-state index contributed by atoms with van der Waals surface area (Å²) in [6.45, 7) is 6.67. The minimum atomic E-state index is 0.188. The van der Waals surface area contributed by atoms with Gasteiger partial charge in [-0.1, -0.05) is 44.5 Å². The first-order chi connectivity index (χ1) is 8.91. The Morgan fingerprint density at radius 1 is 1.26 bits per heavy atom. The molecule has 3 aliphatic rings. The molecule has 0 aromatic heterocycles. The molecule has 2 bridgehead atoms. The zero-order valence-electron chi connectivity index (χ0n) is 11.6. The maximum Gasteiger partial charge on any atom is 0.162 e. The van der Waals surface area contributed by atoms with E-state index >= 15 is 0 Å². The van der Waals surface area contributed by atoms with Gasteiger partial charge in [-0.05, 0) is 53.0 Å². The molecular weight excluding hydrogens is 256 g/mol. The van der Waals surface area contributed by atoms with Crippen LogP contribution in [0, 0.1) is 23.2 Å². The maximum atomic E-state index is 12.6. The molecule has 3 atom stereocenters. The van der Waals surface area contributed by atoms with Crippen LogP contribution in [0.25, 0.3) is 6.08 Å². The van der Waals surface area contributed by atoms with Crippen molar-refractivity contribution in [3.63, 3.8) is 0 Å². The maximum absolute atomic E-state index is 12.6. The number of allylic oxidation sites excluding steroid dienone is 1. The van der Waals surface area contributed by atoms with Crippen LogP contribution in [0.5, 0.6) is 0 Å². The average molecular weight is 275 g/mol. The van der Waals surface area contributed by atoms with Crippen molar-refractivity contribution in [1.82, 2.24) is 0 Å². The van der Waals surface area contributed by atoms with Crippen molar-refractivity contribution in [2.45, 2.75) is 27.2 Å². The van der Waals surface area contributed by atoms with Crippen molar-refractivity contribution in [2.24, 2.45) is 23.2 Å². The van der Waals surface area contributed by atoms with Gasteiger partial charge in [0, 0.05) is 10.9 Å². The SMILES string of the molecule is C[C@H]1/C(=C\c2ccc(Cl)cc2)C(=O)[C@H]2C[C@@H]1C2(C)C. The van der Waals surface area contributed by atoms with Crippen molar-refractivity contribution < 1.29 is 4.79 Å². The van der Waals surface area contributed by atoms with E-state index in [1.807, 2.05) is 24.3 Å². The highest BCUT2D eigenvalue weighted by atomic mass is 35.5. The molecule has 100 valence electrons. The normalized spacial score (nSPS) is 34.2. The fourth-order valence-corrected chi connectivity index (χ4v) is 3.96. The number of ketones is 1. The second-order valence-electron chi connectivity index (χ2n) is 6.52. The van der Waals surface area contributed by atoms with Crippen LogP contribution in [0.4, 0.5) is 0 Å². The molecule has 0 radical (unpaired) electrons. The van der Waals surface area contributed by atoms with Gasteiger partial charge < -0.3 is 0 Å². The van der Waals surface area contributed by atoms with Gasteiger partial charge in [-0.2, -0.15) is 0 Å². The van der Waals surface area contributed by atoms with Gasteiger partial charge in [-0.3, -0.25) is 4.79 Å². The molecule has 0 unspecified atom stereocenters. The minimum absolute atomic E-state index is 0.188. The van der Waals surface area contributed by atoms with Gasteiger partial charge in [-0.15, -0.1) is 0 Å². The van der Waals surface area contributed by atoms with E-state index in [9.17, 15) is 4.79 Å². The van der Waals surface area contributed by atoms with Gasteiger partial charge in [-0.25, -0.2) is 0 Å². The molecule has 0 spiro atoms. The quantitative estimate of drug-likeness (QED) is 0.684. The molecule has 3 aliphatic carbocycles. The Hall–Kier alpha value is -1.08.